The molecule has 2 aromatic rings. The van der Waals surface area contributed by atoms with Crippen molar-refractivity contribution in [3.05, 3.63) is 29.0 Å². The number of imidazole rings is 1. The van der Waals surface area contributed by atoms with Gasteiger partial charge in [-0.3, -0.25) is 0 Å². The second kappa shape index (κ2) is 4.67. The molecule has 0 aliphatic rings. The lowest BCUT2D eigenvalue weighted by Crippen LogP contribution is -2.29. The molecule has 3 nitrogen and oxygen atoms in total. The minimum atomic E-state index is 0.140. The second-order valence-corrected chi connectivity index (χ2v) is 5.27. The van der Waals surface area contributed by atoms with E-state index in [0.717, 1.165) is 28.3 Å². The van der Waals surface area contributed by atoms with Crippen LogP contribution in [-0.2, 0) is 13.5 Å². The Hall–Kier alpha value is -1.06. The maximum atomic E-state index is 6.09. The summed E-state index contributed by atoms with van der Waals surface area (Å²) in [5.74, 6) is 1.47. The highest BCUT2D eigenvalue weighted by atomic mass is 35.5. The lowest BCUT2D eigenvalue weighted by Gasteiger charge is -2.14. The van der Waals surface area contributed by atoms with Crippen LogP contribution in [0.25, 0.3) is 11.0 Å². The predicted molar refractivity (Wildman–Crippen MR) is 72.2 cm³/mol. The summed E-state index contributed by atoms with van der Waals surface area (Å²) in [5.41, 5.74) is 8.12. The van der Waals surface area contributed by atoms with Crippen molar-refractivity contribution >= 4 is 22.6 Å². The van der Waals surface area contributed by atoms with Crippen molar-refractivity contribution in [1.29, 1.82) is 0 Å². The van der Waals surface area contributed by atoms with E-state index in [9.17, 15) is 0 Å². The Morgan fingerprint density at radius 2 is 2.12 bits per heavy atom. The fourth-order valence-corrected chi connectivity index (χ4v) is 2.02. The van der Waals surface area contributed by atoms with Crippen LogP contribution in [0.3, 0.4) is 0 Å². The molecule has 1 unspecified atom stereocenters. The molecule has 4 heteroatoms. The molecule has 0 aliphatic carbocycles. The van der Waals surface area contributed by atoms with Crippen LogP contribution in [-0.4, -0.2) is 15.6 Å². The minimum Gasteiger partial charge on any atom is -0.331 e. The summed E-state index contributed by atoms with van der Waals surface area (Å²) in [6.07, 6.45) is 0.792. The van der Waals surface area contributed by atoms with Gasteiger partial charge in [-0.05, 0) is 24.1 Å². The van der Waals surface area contributed by atoms with Gasteiger partial charge >= 0.3 is 0 Å². The molecule has 2 rings (SSSR count). The van der Waals surface area contributed by atoms with Crippen LogP contribution in [0.4, 0.5) is 0 Å². The van der Waals surface area contributed by atoms with E-state index in [4.69, 9.17) is 17.3 Å². The molecule has 1 aromatic carbocycles. The van der Waals surface area contributed by atoms with Gasteiger partial charge < -0.3 is 10.3 Å². The Kier molecular flexibility index (Phi) is 3.40. The van der Waals surface area contributed by atoms with Gasteiger partial charge in [-0.1, -0.05) is 25.4 Å². The predicted octanol–water partition coefficient (Wildman–Crippen LogP) is 2.75. The molecule has 92 valence electrons. The topological polar surface area (TPSA) is 43.8 Å². The lowest BCUT2D eigenvalue weighted by molar-refractivity contribution is 0.477. The molecule has 0 saturated carbocycles. The Balaban J connectivity index is 2.38. The van der Waals surface area contributed by atoms with Gasteiger partial charge in [0.1, 0.15) is 5.82 Å². The molecule has 0 fully saturated rings. The molecule has 0 amide bonds. The van der Waals surface area contributed by atoms with Gasteiger partial charge in [0, 0.05) is 24.5 Å². The monoisotopic (exact) mass is 251 g/mol. The maximum absolute atomic E-state index is 6.09. The van der Waals surface area contributed by atoms with E-state index in [1.165, 1.54) is 0 Å². The molecule has 1 atom stereocenters. The Morgan fingerprint density at radius 1 is 1.41 bits per heavy atom. The highest BCUT2D eigenvalue weighted by Crippen LogP contribution is 2.20. The molecule has 1 aromatic heterocycles. The molecular weight excluding hydrogens is 234 g/mol. The van der Waals surface area contributed by atoms with E-state index in [1.807, 2.05) is 25.2 Å². The lowest BCUT2D eigenvalue weighted by atomic mass is 10.0. The van der Waals surface area contributed by atoms with Crippen LogP contribution < -0.4 is 5.73 Å². The number of aromatic nitrogens is 2. The minimum absolute atomic E-state index is 0.140. The quantitative estimate of drug-likeness (QED) is 0.912. The van der Waals surface area contributed by atoms with E-state index < -0.39 is 0 Å². The maximum Gasteiger partial charge on any atom is 0.111 e. The molecule has 0 bridgehead atoms. The number of hydrogen-bond donors (Lipinski definition) is 1. The average molecular weight is 252 g/mol. The van der Waals surface area contributed by atoms with Crippen molar-refractivity contribution in [2.24, 2.45) is 18.7 Å². The number of rotatable bonds is 3. The van der Waals surface area contributed by atoms with Gasteiger partial charge in [0.15, 0.2) is 0 Å². The molecule has 0 saturated heterocycles. The van der Waals surface area contributed by atoms with Crippen molar-refractivity contribution in [2.45, 2.75) is 26.3 Å². The highest BCUT2D eigenvalue weighted by molar-refractivity contribution is 6.31. The largest absolute Gasteiger partial charge is 0.331 e. The van der Waals surface area contributed by atoms with Gasteiger partial charge in [0.2, 0.25) is 0 Å². The van der Waals surface area contributed by atoms with Gasteiger partial charge in [-0.15, -0.1) is 0 Å². The molecule has 17 heavy (non-hydrogen) atoms. The van der Waals surface area contributed by atoms with Gasteiger partial charge in [0.25, 0.3) is 0 Å². The Bertz CT molecular complexity index is 531. The summed E-state index contributed by atoms with van der Waals surface area (Å²) in [6, 6.07) is 5.91. The van der Waals surface area contributed by atoms with Gasteiger partial charge in [0.05, 0.1) is 11.0 Å². The standard InChI is InChI=1S/C13H18ClN3/c1-8(2)10(15)7-13-16-11-6-9(14)4-5-12(11)17(13)3/h4-6,8,10H,7,15H2,1-3H3. The van der Waals surface area contributed by atoms with Crippen molar-refractivity contribution in [1.82, 2.24) is 9.55 Å². The van der Waals surface area contributed by atoms with Crippen LogP contribution in [0.5, 0.6) is 0 Å². The Labute approximate surface area is 107 Å². The van der Waals surface area contributed by atoms with Gasteiger partial charge in [-0.25, -0.2) is 4.98 Å². The van der Waals surface area contributed by atoms with Crippen molar-refractivity contribution in [2.75, 3.05) is 0 Å². The molecule has 0 aliphatic heterocycles. The number of nitrogens with zero attached hydrogens (tertiary/aromatic N) is 2. The molecule has 1 heterocycles. The van der Waals surface area contributed by atoms with Crippen molar-refractivity contribution in [3.63, 3.8) is 0 Å². The number of fused-ring (bicyclic) bond motifs is 1. The van der Waals surface area contributed by atoms with Crippen LogP contribution in [0.2, 0.25) is 5.02 Å². The fourth-order valence-electron chi connectivity index (χ4n) is 1.85. The first-order valence-corrected chi connectivity index (χ1v) is 6.23. The number of aryl methyl sites for hydroxylation is 1. The SMILES string of the molecule is CC(C)C(N)Cc1nc2cc(Cl)ccc2n1C. The van der Waals surface area contributed by atoms with E-state index in [0.29, 0.717) is 5.92 Å². The van der Waals surface area contributed by atoms with Crippen LogP contribution >= 0.6 is 11.6 Å². The van der Waals surface area contributed by atoms with Crippen molar-refractivity contribution in [3.8, 4) is 0 Å². The molecular formula is C13H18ClN3. The number of benzene rings is 1. The average Bonchev–Trinajstić information content (AvgIpc) is 2.55. The summed E-state index contributed by atoms with van der Waals surface area (Å²) in [7, 11) is 2.02. The zero-order valence-corrected chi connectivity index (χ0v) is 11.2. The summed E-state index contributed by atoms with van der Waals surface area (Å²) in [6.45, 7) is 4.26. The van der Waals surface area contributed by atoms with Crippen LogP contribution in [0.15, 0.2) is 18.2 Å². The van der Waals surface area contributed by atoms with Crippen molar-refractivity contribution < 1.29 is 0 Å². The fraction of sp³-hybridized carbons (Fsp3) is 0.462. The normalized spacial score (nSPS) is 13.5. The summed E-state index contributed by atoms with van der Waals surface area (Å²) >= 11 is 5.96. The van der Waals surface area contributed by atoms with E-state index >= 15 is 0 Å². The molecule has 0 radical (unpaired) electrons. The summed E-state index contributed by atoms with van der Waals surface area (Å²) < 4.78 is 2.09. The summed E-state index contributed by atoms with van der Waals surface area (Å²) in [5, 5.41) is 0.718. The first-order valence-electron chi connectivity index (χ1n) is 5.85. The zero-order valence-electron chi connectivity index (χ0n) is 10.4. The third-order valence-electron chi connectivity index (χ3n) is 3.21. The third kappa shape index (κ3) is 2.45. The molecule has 0 spiro atoms. The van der Waals surface area contributed by atoms with E-state index in [-0.39, 0.29) is 6.04 Å². The molecule has 2 N–H and O–H groups in total. The number of halogens is 1. The first-order chi connectivity index (χ1) is 7.99. The number of nitrogens with two attached hydrogens (primary N) is 1. The van der Waals surface area contributed by atoms with Crippen LogP contribution in [0, 0.1) is 5.92 Å². The van der Waals surface area contributed by atoms with E-state index in [2.05, 4.69) is 23.4 Å². The zero-order chi connectivity index (χ0) is 12.6. The summed E-state index contributed by atoms with van der Waals surface area (Å²) in [4.78, 5) is 4.59. The second-order valence-electron chi connectivity index (χ2n) is 4.83. The van der Waals surface area contributed by atoms with Crippen LogP contribution in [0.1, 0.15) is 19.7 Å². The van der Waals surface area contributed by atoms with E-state index in [1.54, 1.807) is 0 Å². The number of hydrogen-bond acceptors (Lipinski definition) is 2. The first kappa shape index (κ1) is 12.4. The Morgan fingerprint density at radius 3 is 2.76 bits per heavy atom. The smallest absolute Gasteiger partial charge is 0.111 e. The third-order valence-corrected chi connectivity index (χ3v) is 3.45. The van der Waals surface area contributed by atoms with Gasteiger partial charge in [-0.2, -0.15) is 0 Å². The highest BCUT2D eigenvalue weighted by Gasteiger charge is 2.14.